The van der Waals surface area contributed by atoms with Crippen LogP contribution in [-0.4, -0.2) is 14.7 Å². The van der Waals surface area contributed by atoms with Crippen molar-refractivity contribution in [1.82, 2.24) is 14.9 Å². The standard InChI is InChI=1S/C21H21FN4S/c1-13-12-17(14(2)25(13)3)20-19(18-6-4-5-11-23-18)24-21(27)26(20)16-9-7-15(22)8-10-16/h4-12,19-20H,1-3H3,(H,24,27)/t19-,20+/m1/s1. The molecule has 3 aromatic rings. The van der Waals surface area contributed by atoms with Crippen LogP contribution in [0.25, 0.3) is 0 Å². The van der Waals surface area contributed by atoms with Crippen LogP contribution in [0.1, 0.15) is 34.7 Å². The maximum absolute atomic E-state index is 13.5. The van der Waals surface area contributed by atoms with Crippen molar-refractivity contribution in [2.24, 2.45) is 7.05 Å². The Morgan fingerprint density at radius 3 is 2.44 bits per heavy atom. The number of aromatic nitrogens is 2. The maximum Gasteiger partial charge on any atom is 0.174 e. The topological polar surface area (TPSA) is 33.1 Å². The van der Waals surface area contributed by atoms with Crippen LogP contribution in [0.15, 0.2) is 54.7 Å². The Kier molecular flexibility index (Phi) is 4.44. The van der Waals surface area contributed by atoms with E-state index in [0.717, 1.165) is 11.4 Å². The molecule has 4 nitrogen and oxygen atoms in total. The molecule has 3 heterocycles. The van der Waals surface area contributed by atoms with Gasteiger partial charge in [-0.25, -0.2) is 4.39 Å². The third kappa shape index (κ3) is 3.00. The largest absolute Gasteiger partial charge is 0.352 e. The molecule has 1 fully saturated rings. The van der Waals surface area contributed by atoms with E-state index in [9.17, 15) is 4.39 Å². The SMILES string of the molecule is Cc1cc([C@H]2[C@@H](c3ccccn3)NC(=S)N2c2ccc(F)cc2)c(C)n1C. The molecule has 2 aromatic heterocycles. The Morgan fingerprint density at radius 1 is 1.11 bits per heavy atom. The van der Waals surface area contributed by atoms with Gasteiger partial charge in [0.05, 0.1) is 17.8 Å². The van der Waals surface area contributed by atoms with Gasteiger partial charge in [-0.1, -0.05) is 6.07 Å². The fourth-order valence-corrected chi connectivity index (χ4v) is 4.08. The highest BCUT2D eigenvalue weighted by molar-refractivity contribution is 7.80. The van der Waals surface area contributed by atoms with E-state index in [4.69, 9.17) is 12.2 Å². The number of nitrogens with one attached hydrogen (secondary N) is 1. The summed E-state index contributed by atoms with van der Waals surface area (Å²) in [6.45, 7) is 4.21. The van der Waals surface area contributed by atoms with E-state index in [0.29, 0.717) is 5.11 Å². The lowest BCUT2D eigenvalue weighted by atomic mass is 9.96. The predicted molar refractivity (Wildman–Crippen MR) is 109 cm³/mol. The summed E-state index contributed by atoms with van der Waals surface area (Å²) < 4.78 is 15.6. The molecule has 0 unspecified atom stereocenters. The van der Waals surface area contributed by atoms with Crippen molar-refractivity contribution in [3.63, 3.8) is 0 Å². The third-order valence-electron chi connectivity index (χ3n) is 5.34. The van der Waals surface area contributed by atoms with Crippen LogP contribution < -0.4 is 10.2 Å². The van der Waals surface area contributed by atoms with E-state index in [2.05, 4.69) is 46.7 Å². The minimum Gasteiger partial charge on any atom is -0.352 e. The molecule has 1 N–H and O–H groups in total. The Hall–Kier alpha value is -2.73. The average molecular weight is 380 g/mol. The number of hydrogen-bond acceptors (Lipinski definition) is 2. The summed E-state index contributed by atoms with van der Waals surface area (Å²) in [6, 6.07) is 14.4. The number of nitrogens with zero attached hydrogens (tertiary/aromatic N) is 3. The number of thiocarbonyl (C=S) groups is 1. The highest BCUT2D eigenvalue weighted by Gasteiger charge is 2.42. The van der Waals surface area contributed by atoms with Gasteiger partial charge in [0, 0.05) is 30.3 Å². The van der Waals surface area contributed by atoms with E-state index in [-0.39, 0.29) is 17.9 Å². The van der Waals surface area contributed by atoms with Gasteiger partial charge in [0.2, 0.25) is 0 Å². The van der Waals surface area contributed by atoms with Gasteiger partial charge in [0.1, 0.15) is 5.82 Å². The van der Waals surface area contributed by atoms with E-state index in [1.807, 2.05) is 18.2 Å². The van der Waals surface area contributed by atoms with Crippen molar-refractivity contribution in [3.8, 4) is 0 Å². The summed E-state index contributed by atoms with van der Waals surface area (Å²) in [5.41, 5.74) is 5.33. The molecular weight excluding hydrogens is 359 g/mol. The highest BCUT2D eigenvalue weighted by atomic mass is 32.1. The van der Waals surface area contributed by atoms with Crippen LogP contribution in [0.2, 0.25) is 0 Å². The lowest BCUT2D eigenvalue weighted by Crippen LogP contribution is -2.29. The fraction of sp³-hybridized carbons (Fsp3) is 0.238. The molecule has 6 heteroatoms. The van der Waals surface area contributed by atoms with Crippen LogP contribution in [0.5, 0.6) is 0 Å². The quantitative estimate of drug-likeness (QED) is 0.685. The molecule has 0 radical (unpaired) electrons. The van der Waals surface area contributed by atoms with Crippen molar-refractivity contribution in [3.05, 3.63) is 83.2 Å². The molecule has 27 heavy (non-hydrogen) atoms. The molecule has 1 aromatic carbocycles. The number of pyridine rings is 1. The summed E-state index contributed by atoms with van der Waals surface area (Å²) in [7, 11) is 2.06. The molecule has 1 saturated heterocycles. The van der Waals surface area contributed by atoms with Crippen LogP contribution in [0.4, 0.5) is 10.1 Å². The third-order valence-corrected chi connectivity index (χ3v) is 5.65. The molecular formula is C21H21FN4S. The van der Waals surface area contributed by atoms with Gasteiger partial charge in [0.25, 0.3) is 0 Å². The van der Waals surface area contributed by atoms with Crippen LogP contribution in [0, 0.1) is 19.7 Å². The van der Waals surface area contributed by atoms with Gasteiger partial charge in [-0.05, 0) is 74.1 Å². The van der Waals surface area contributed by atoms with Crippen molar-refractivity contribution >= 4 is 23.0 Å². The average Bonchev–Trinajstić information content (AvgIpc) is 3.14. The Morgan fingerprint density at radius 2 is 1.85 bits per heavy atom. The molecule has 0 spiro atoms. The van der Waals surface area contributed by atoms with Crippen LogP contribution in [0.3, 0.4) is 0 Å². The molecule has 0 amide bonds. The van der Waals surface area contributed by atoms with Gasteiger partial charge in [-0.2, -0.15) is 0 Å². The van der Waals surface area contributed by atoms with E-state index in [1.54, 1.807) is 18.3 Å². The summed E-state index contributed by atoms with van der Waals surface area (Å²) in [4.78, 5) is 6.62. The number of benzene rings is 1. The molecule has 1 aliphatic rings. The van der Waals surface area contributed by atoms with Crippen molar-refractivity contribution in [2.75, 3.05) is 4.90 Å². The number of hydrogen-bond donors (Lipinski definition) is 1. The van der Waals surface area contributed by atoms with Crippen LogP contribution in [-0.2, 0) is 7.05 Å². The number of halogens is 1. The monoisotopic (exact) mass is 380 g/mol. The van der Waals surface area contributed by atoms with Crippen molar-refractivity contribution in [2.45, 2.75) is 25.9 Å². The van der Waals surface area contributed by atoms with Gasteiger partial charge in [-0.3, -0.25) is 4.98 Å². The number of anilines is 1. The van der Waals surface area contributed by atoms with E-state index >= 15 is 0 Å². The second-order valence-electron chi connectivity index (χ2n) is 6.86. The van der Waals surface area contributed by atoms with Crippen LogP contribution >= 0.6 is 12.2 Å². The zero-order valence-corrected chi connectivity index (χ0v) is 16.3. The molecule has 4 rings (SSSR count). The minimum atomic E-state index is -0.263. The van der Waals surface area contributed by atoms with Gasteiger partial charge < -0.3 is 14.8 Å². The van der Waals surface area contributed by atoms with Gasteiger partial charge in [-0.15, -0.1) is 0 Å². The first kappa shape index (κ1) is 17.7. The molecule has 0 aliphatic carbocycles. The molecule has 1 aliphatic heterocycles. The molecule has 0 saturated carbocycles. The Balaban J connectivity index is 1.87. The Bertz CT molecular complexity index is 981. The van der Waals surface area contributed by atoms with Gasteiger partial charge in [0.15, 0.2) is 5.11 Å². The molecule has 138 valence electrons. The number of rotatable bonds is 3. The zero-order chi connectivity index (χ0) is 19.1. The fourth-order valence-electron chi connectivity index (χ4n) is 3.73. The van der Waals surface area contributed by atoms with E-state index < -0.39 is 0 Å². The lowest BCUT2D eigenvalue weighted by Gasteiger charge is -2.28. The minimum absolute atomic E-state index is 0.0715. The lowest BCUT2D eigenvalue weighted by molar-refractivity contribution is 0.564. The summed E-state index contributed by atoms with van der Waals surface area (Å²) in [5.74, 6) is -0.263. The maximum atomic E-state index is 13.5. The Labute approximate surface area is 163 Å². The second kappa shape index (κ2) is 6.78. The summed E-state index contributed by atoms with van der Waals surface area (Å²) >= 11 is 5.68. The molecule has 0 bridgehead atoms. The first-order valence-corrected chi connectivity index (χ1v) is 9.27. The number of aryl methyl sites for hydroxylation is 1. The zero-order valence-electron chi connectivity index (χ0n) is 15.5. The summed E-state index contributed by atoms with van der Waals surface area (Å²) in [6.07, 6.45) is 1.79. The first-order valence-electron chi connectivity index (χ1n) is 8.86. The summed E-state index contributed by atoms with van der Waals surface area (Å²) in [5, 5.41) is 4.04. The van der Waals surface area contributed by atoms with E-state index in [1.165, 1.54) is 29.1 Å². The smallest absolute Gasteiger partial charge is 0.174 e. The highest BCUT2D eigenvalue weighted by Crippen LogP contribution is 2.43. The first-order chi connectivity index (χ1) is 13.0. The van der Waals surface area contributed by atoms with Crippen molar-refractivity contribution in [1.29, 1.82) is 0 Å². The predicted octanol–water partition coefficient (Wildman–Crippen LogP) is 4.35. The van der Waals surface area contributed by atoms with Crippen molar-refractivity contribution < 1.29 is 4.39 Å². The second-order valence-corrected chi connectivity index (χ2v) is 7.25. The molecule has 2 atom stereocenters. The normalized spacial score (nSPS) is 19.4. The van der Waals surface area contributed by atoms with Gasteiger partial charge >= 0.3 is 0 Å².